The van der Waals surface area contributed by atoms with Crippen LogP contribution in [0, 0.1) is 0 Å². The van der Waals surface area contributed by atoms with Crippen molar-refractivity contribution < 1.29 is 19.4 Å². The van der Waals surface area contributed by atoms with Gasteiger partial charge in [0.25, 0.3) is 0 Å². The van der Waals surface area contributed by atoms with Crippen molar-refractivity contribution in [2.24, 2.45) is 0 Å². The third kappa shape index (κ3) is 6.97. The van der Waals surface area contributed by atoms with Crippen LogP contribution in [0.2, 0.25) is 0 Å². The standard InChI is InChI=1S/C16H24N2O4/c1-11(2)22-14-8-6-13(7-9-14)12(3)18-16(21)17-10-4-5-15(19)20/h6-9,11-12H,4-5,10H2,1-3H3,(H,19,20)(H2,17,18,21). The fourth-order valence-electron chi connectivity index (χ4n) is 1.88. The van der Waals surface area contributed by atoms with E-state index in [4.69, 9.17) is 9.84 Å². The van der Waals surface area contributed by atoms with E-state index in [2.05, 4.69) is 10.6 Å². The van der Waals surface area contributed by atoms with Crippen molar-refractivity contribution in [2.75, 3.05) is 6.54 Å². The van der Waals surface area contributed by atoms with E-state index in [1.54, 1.807) is 0 Å². The van der Waals surface area contributed by atoms with Gasteiger partial charge in [0, 0.05) is 13.0 Å². The number of amides is 2. The van der Waals surface area contributed by atoms with Crippen LogP contribution in [0.4, 0.5) is 4.79 Å². The molecule has 0 aliphatic heterocycles. The Morgan fingerprint density at radius 2 is 1.82 bits per heavy atom. The Morgan fingerprint density at radius 3 is 2.36 bits per heavy atom. The van der Waals surface area contributed by atoms with Crippen LogP contribution in [0.15, 0.2) is 24.3 Å². The molecule has 1 atom stereocenters. The molecule has 0 aromatic heterocycles. The second-order valence-electron chi connectivity index (χ2n) is 5.35. The van der Waals surface area contributed by atoms with Gasteiger partial charge in [0.1, 0.15) is 5.75 Å². The van der Waals surface area contributed by atoms with Gasteiger partial charge in [-0.2, -0.15) is 0 Å². The second-order valence-corrected chi connectivity index (χ2v) is 5.35. The van der Waals surface area contributed by atoms with Gasteiger partial charge < -0.3 is 20.5 Å². The van der Waals surface area contributed by atoms with Crippen LogP contribution in [0.3, 0.4) is 0 Å². The zero-order valence-corrected chi connectivity index (χ0v) is 13.3. The average molecular weight is 308 g/mol. The van der Waals surface area contributed by atoms with E-state index < -0.39 is 5.97 Å². The summed E-state index contributed by atoms with van der Waals surface area (Å²) in [4.78, 5) is 22.1. The smallest absolute Gasteiger partial charge is 0.315 e. The highest BCUT2D eigenvalue weighted by molar-refractivity contribution is 5.74. The fraction of sp³-hybridized carbons (Fsp3) is 0.500. The number of carboxylic acid groups (broad SMARTS) is 1. The van der Waals surface area contributed by atoms with Crippen molar-refractivity contribution in [3.63, 3.8) is 0 Å². The predicted octanol–water partition coefficient (Wildman–Crippen LogP) is 2.70. The lowest BCUT2D eigenvalue weighted by atomic mass is 10.1. The summed E-state index contributed by atoms with van der Waals surface area (Å²) in [6, 6.07) is 7.12. The van der Waals surface area contributed by atoms with Crippen LogP contribution in [0.5, 0.6) is 5.75 Å². The number of rotatable bonds is 8. The summed E-state index contributed by atoms with van der Waals surface area (Å²) in [5.41, 5.74) is 0.969. The van der Waals surface area contributed by atoms with E-state index in [1.807, 2.05) is 45.0 Å². The lowest BCUT2D eigenvalue weighted by molar-refractivity contribution is -0.137. The minimum Gasteiger partial charge on any atom is -0.491 e. The minimum atomic E-state index is -0.862. The Kier molecular flexibility index (Phi) is 7.22. The number of hydrogen-bond donors (Lipinski definition) is 3. The summed E-state index contributed by atoms with van der Waals surface area (Å²) < 4.78 is 5.57. The van der Waals surface area contributed by atoms with Crippen molar-refractivity contribution in [1.82, 2.24) is 10.6 Å². The predicted molar refractivity (Wildman–Crippen MR) is 84.0 cm³/mol. The summed E-state index contributed by atoms with van der Waals surface area (Å²) in [7, 11) is 0. The van der Waals surface area contributed by atoms with E-state index in [1.165, 1.54) is 0 Å². The molecule has 6 heteroatoms. The summed E-state index contributed by atoms with van der Waals surface area (Å²) in [5.74, 6) is -0.0663. The summed E-state index contributed by atoms with van der Waals surface area (Å²) in [6.07, 6.45) is 0.587. The van der Waals surface area contributed by atoms with Crippen LogP contribution in [0.25, 0.3) is 0 Å². The van der Waals surface area contributed by atoms with E-state index in [0.717, 1.165) is 11.3 Å². The Labute approximate surface area is 130 Å². The number of carbonyl (C=O) groups excluding carboxylic acids is 1. The Morgan fingerprint density at radius 1 is 1.18 bits per heavy atom. The normalized spacial score (nSPS) is 11.8. The molecule has 22 heavy (non-hydrogen) atoms. The number of aliphatic carboxylic acids is 1. The third-order valence-corrected chi connectivity index (χ3v) is 2.95. The van der Waals surface area contributed by atoms with E-state index >= 15 is 0 Å². The lowest BCUT2D eigenvalue weighted by Crippen LogP contribution is -2.37. The highest BCUT2D eigenvalue weighted by Gasteiger charge is 2.09. The van der Waals surface area contributed by atoms with Gasteiger partial charge in [0.15, 0.2) is 0 Å². The molecule has 0 aliphatic carbocycles. The number of nitrogens with one attached hydrogen (secondary N) is 2. The highest BCUT2D eigenvalue weighted by Crippen LogP contribution is 2.18. The summed E-state index contributed by atoms with van der Waals surface area (Å²) in [5, 5.41) is 14.0. The SMILES string of the molecule is CC(C)Oc1ccc(C(C)NC(=O)NCCCC(=O)O)cc1. The van der Waals surface area contributed by atoms with Gasteiger partial charge in [0.05, 0.1) is 12.1 Å². The molecule has 0 aliphatic rings. The molecule has 1 unspecified atom stereocenters. The van der Waals surface area contributed by atoms with Gasteiger partial charge in [-0.05, 0) is 44.9 Å². The molecular weight excluding hydrogens is 284 g/mol. The first kappa shape index (κ1) is 17.8. The molecule has 0 saturated carbocycles. The molecular formula is C16H24N2O4. The van der Waals surface area contributed by atoms with Crippen molar-refractivity contribution in [3.8, 4) is 5.75 Å². The Hall–Kier alpha value is -2.24. The van der Waals surface area contributed by atoms with Crippen molar-refractivity contribution >= 4 is 12.0 Å². The molecule has 0 radical (unpaired) electrons. The van der Waals surface area contributed by atoms with Gasteiger partial charge in [-0.25, -0.2) is 4.79 Å². The van der Waals surface area contributed by atoms with Crippen LogP contribution in [-0.4, -0.2) is 29.8 Å². The first-order chi connectivity index (χ1) is 10.4. The summed E-state index contributed by atoms with van der Waals surface area (Å²) in [6.45, 7) is 6.15. The van der Waals surface area contributed by atoms with Gasteiger partial charge in [0.2, 0.25) is 0 Å². The molecule has 2 amide bonds. The van der Waals surface area contributed by atoms with Gasteiger partial charge in [-0.3, -0.25) is 4.79 Å². The monoisotopic (exact) mass is 308 g/mol. The van der Waals surface area contributed by atoms with Crippen LogP contribution in [-0.2, 0) is 4.79 Å². The molecule has 1 aromatic rings. The molecule has 1 aromatic carbocycles. The molecule has 1 rings (SSSR count). The topological polar surface area (TPSA) is 87.7 Å². The van der Waals surface area contributed by atoms with Crippen molar-refractivity contribution in [1.29, 1.82) is 0 Å². The second kappa shape index (κ2) is 8.92. The van der Waals surface area contributed by atoms with Crippen molar-refractivity contribution in [3.05, 3.63) is 29.8 Å². The number of ether oxygens (including phenoxy) is 1. The number of hydrogen-bond acceptors (Lipinski definition) is 3. The maximum atomic E-state index is 11.7. The van der Waals surface area contributed by atoms with Crippen LogP contribution >= 0.6 is 0 Å². The van der Waals surface area contributed by atoms with Gasteiger partial charge >= 0.3 is 12.0 Å². The highest BCUT2D eigenvalue weighted by atomic mass is 16.5. The molecule has 0 spiro atoms. The van der Waals surface area contributed by atoms with E-state index in [-0.39, 0.29) is 24.6 Å². The summed E-state index contributed by atoms with van der Waals surface area (Å²) >= 11 is 0. The number of benzene rings is 1. The number of urea groups is 1. The number of carboxylic acids is 1. The van der Waals surface area contributed by atoms with Crippen LogP contribution < -0.4 is 15.4 Å². The maximum Gasteiger partial charge on any atom is 0.315 e. The Bertz CT molecular complexity index is 485. The molecule has 0 heterocycles. The molecule has 0 saturated heterocycles. The van der Waals surface area contributed by atoms with Gasteiger partial charge in [-0.1, -0.05) is 12.1 Å². The third-order valence-electron chi connectivity index (χ3n) is 2.95. The quantitative estimate of drug-likeness (QED) is 0.644. The molecule has 0 fully saturated rings. The van der Waals surface area contributed by atoms with Gasteiger partial charge in [-0.15, -0.1) is 0 Å². The molecule has 6 nitrogen and oxygen atoms in total. The maximum absolute atomic E-state index is 11.7. The van der Waals surface area contributed by atoms with Crippen LogP contribution in [0.1, 0.15) is 45.2 Å². The zero-order valence-electron chi connectivity index (χ0n) is 13.3. The largest absolute Gasteiger partial charge is 0.491 e. The minimum absolute atomic E-state index is 0.0488. The van der Waals surface area contributed by atoms with Crippen molar-refractivity contribution in [2.45, 2.75) is 45.8 Å². The lowest BCUT2D eigenvalue weighted by Gasteiger charge is -2.16. The molecule has 122 valence electrons. The fourth-order valence-corrected chi connectivity index (χ4v) is 1.88. The average Bonchev–Trinajstić information content (AvgIpc) is 2.43. The first-order valence-corrected chi connectivity index (χ1v) is 7.41. The van der Waals surface area contributed by atoms with E-state index in [0.29, 0.717) is 13.0 Å². The van der Waals surface area contributed by atoms with E-state index in [9.17, 15) is 9.59 Å². The number of carbonyl (C=O) groups is 2. The Balaban J connectivity index is 2.39. The molecule has 3 N–H and O–H groups in total. The zero-order chi connectivity index (χ0) is 16.5. The first-order valence-electron chi connectivity index (χ1n) is 7.41. The molecule has 0 bridgehead atoms.